The third kappa shape index (κ3) is 3.87. The Morgan fingerprint density at radius 2 is 2.20 bits per heavy atom. The second-order valence-electron chi connectivity index (χ2n) is 6.46. The Morgan fingerprint density at radius 1 is 1.48 bits per heavy atom. The maximum atomic E-state index is 12.7. The van der Waals surface area contributed by atoms with Gasteiger partial charge in [-0.25, -0.2) is 9.78 Å². The van der Waals surface area contributed by atoms with Gasteiger partial charge in [0, 0.05) is 16.3 Å². The summed E-state index contributed by atoms with van der Waals surface area (Å²) in [6, 6.07) is 1.87. The summed E-state index contributed by atoms with van der Waals surface area (Å²) in [5.74, 6) is -0.0271. The van der Waals surface area contributed by atoms with Gasteiger partial charge in [-0.3, -0.25) is 4.79 Å². The number of aromatic nitrogens is 2. The van der Waals surface area contributed by atoms with Crippen molar-refractivity contribution in [3.63, 3.8) is 0 Å². The lowest BCUT2D eigenvalue weighted by atomic mass is 9.90. The van der Waals surface area contributed by atoms with E-state index in [9.17, 15) is 9.59 Å². The van der Waals surface area contributed by atoms with E-state index >= 15 is 0 Å². The molecule has 1 fully saturated rings. The van der Waals surface area contributed by atoms with E-state index in [1.807, 2.05) is 12.3 Å². The molecule has 0 aromatic carbocycles. The molecule has 134 valence electrons. The van der Waals surface area contributed by atoms with Crippen LogP contribution in [0.1, 0.15) is 39.6 Å². The summed E-state index contributed by atoms with van der Waals surface area (Å²) in [6.45, 7) is 4.15. The summed E-state index contributed by atoms with van der Waals surface area (Å²) in [7, 11) is 2.15. The van der Waals surface area contributed by atoms with Gasteiger partial charge >= 0.3 is 5.97 Å². The highest BCUT2D eigenvalue weighted by atomic mass is 127. The van der Waals surface area contributed by atoms with Gasteiger partial charge in [-0.15, -0.1) is 0 Å². The lowest BCUT2D eigenvalue weighted by Crippen LogP contribution is -2.31. The van der Waals surface area contributed by atoms with E-state index in [1.165, 1.54) is 6.20 Å². The predicted molar refractivity (Wildman–Crippen MR) is 105 cm³/mol. The van der Waals surface area contributed by atoms with E-state index in [1.54, 1.807) is 6.92 Å². The number of nitrogens with zero attached hydrogens (tertiary/aromatic N) is 2. The Bertz CT molecular complexity index is 828. The molecule has 0 amide bonds. The fraction of sp³-hybridized carbons (Fsp3) is 0.500. The number of piperidine rings is 1. The number of ether oxygens (including phenoxy) is 1. The van der Waals surface area contributed by atoms with E-state index in [2.05, 4.69) is 44.5 Å². The minimum atomic E-state index is -0.600. The highest BCUT2D eigenvalue weighted by Crippen LogP contribution is 2.37. The third-order valence-corrected chi connectivity index (χ3v) is 6.48. The zero-order chi connectivity index (χ0) is 18.0. The van der Waals surface area contributed by atoms with Crippen molar-refractivity contribution in [2.75, 3.05) is 26.7 Å². The average Bonchev–Trinajstić information content (AvgIpc) is 2.62. The van der Waals surface area contributed by atoms with Crippen molar-refractivity contribution < 1.29 is 9.53 Å². The van der Waals surface area contributed by atoms with Crippen molar-refractivity contribution in [2.45, 2.75) is 23.7 Å². The normalized spacial score (nSPS) is 17.6. The lowest BCUT2D eigenvalue weighted by Gasteiger charge is -2.32. The zero-order valence-corrected chi connectivity index (χ0v) is 16.6. The third-order valence-electron chi connectivity index (χ3n) is 4.74. The van der Waals surface area contributed by atoms with Crippen LogP contribution in [0.5, 0.6) is 0 Å². The van der Waals surface area contributed by atoms with Gasteiger partial charge in [0.1, 0.15) is 11.2 Å². The molecular weight excluding hydrogens is 433 g/mol. The van der Waals surface area contributed by atoms with Crippen LogP contribution >= 0.6 is 22.6 Å². The molecule has 0 saturated carbocycles. The van der Waals surface area contributed by atoms with Crippen molar-refractivity contribution in [3.05, 3.63) is 39.8 Å². The number of carbonyl (C=O) groups excluding carboxylic acids is 1. The minimum Gasteiger partial charge on any atom is -0.462 e. The highest BCUT2D eigenvalue weighted by molar-refractivity contribution is 14.1. The Balaban J connectivity index is 1.94. The van der Waals surface area contributed by atoms with Crippen LogP contribution < -0.4 is 5.43 Å². The lowest BCUT2D eigenvalue weighted by molar-refractivity contribution is 0.0524. The van der Waals surface area contributed by atoms with Crippen LogP contribution in [0, 0.1) is 5.92 Å². The van der Waals surface area contributed by atoms with Gasteiger partial charge in [0.05, 0.1) is 12.0 Å². The largest absolute Gasteiger partial charge is 0.462 e. The maximum Gasteiger partial charge on any atom is 0.343 e. The van der Waals surface area contributed by atoms with E-state index in [0.29, 0.717) is 20.9 Å². The molecule has 25 heavy (non-hydrogen) atoms. The molecule has 7 heteroatoms. The van der Waals surface area contributed by atoms with Gasteiger partial charge in [-0.2, -0.15) is 0 Å². The monoisotopic (exact) mass is 455 g/mol. The predicted octanol–water partition coefficient (Wildman–Crippen LogP) is 2.92. The first kappa shape index (κ1) is 18.3. The summed E-state index contributed by atoms with van der Waals surface area (Å²) >= 11 is 2.45. The molecule has 1 unspecified atom stereocenters. The topological polar surface area (TPSA) is 75.3 Å². The van der Waals surface area contributed by atoms with Crippen LogP contribution in [0.4, 0.5) is 0 Å². The number of hydrogen-bond acceptors (Lipinski definition) is 5. The van der Waals surface area contributed by atoms with Crippen molar-refractivity contribution >= 4 is 39.6 Å². The Kier molecular flexibility index (Phi) is 5.73. The van der Waals surface area contributed by atoms with Crippen LogP contribution in [0.25, 0.3) is 11.0 Å². The van der Waals surface area contributed by atoms with Crippen LogP contribution in [-0.4, -0.2) is 47.6 Å². The highest BCUT2D eigenvalue weighted by Gasteiger charge is 2.25. The van der Waals surface area contributed by atoms with Crippen molar-refractivity contribution in [3.8, 4) is 0 Å². The van der Waals surface area contributed by atoms with Crippen LogP contribution in [0.3, 0.4) is 0 Å². The van der Waals surface area contributed by atoms with Gasteiger partial charge in [0.25, 0.3) is 0 Å². The second kappa shape index (κ2) is 7.82. The van der Waals surface area contributed by atoms with E-state index < -0.39 is 5.97 Å². The summed E-state index contributed by atoms with van der Waals surface area (Å²) in [5.41, 5.74) is 1.23. The van der Waals surface area contributed by atoms with Crippen LogP contribution in [0.15, 0.2) is 23.3 Å². The summed E-state index contributed by atoms with van der Waals surface area (Å²) < 4.78 is 5.25. The van der Waals surface area contributed by atoms with Crippen molar-refractivity contribution in [1.29, 1.82) is 0 Å². The SMILES string of the molecule is CCOC(=O)c1c[nH]c2ncc(C(I)C3CCN(C)CC3)cc2c1=O. The number of H-pyrrole nitrogens is 1. The summed E-state index contributed by atoms with van der Waals surface area (Å²) in [4.78, 5) is 34.3. The number of esters is 1. The molecule has 1 aliphatic heterocycles. The molecule has 0 bridgehead atoms. The average molecular weight is 455 g/mol. The number of fused-ring (bicyclic) bond motifs is 1. The summed E-state index contributed by atoms with van der Waals surface area (Å²) in [6.07, 6.45) is 5.49. The molecule has 2 aromatic rings. The molecule has 1 N–H and O–H groups in total. The molecule has 0 radical (unpaired) electrons. The van der Waals surface area contributed by atoms with E-state index in [4.69, 9.17) is 4.74 Å². The Morgan fingerprint density at radius 3 is 2.88 bits per heavy atom. The second-order valence-corrected chi connectivity index (χ2v) is 7.80. The van der Waals surface area contributed by atoms with Crippen LogP contribution in [-0.2, 0) is 4.74 Å². The smallest absolute Gasteiger partial charge is 0.343 e. The number of halogens is 1. The number of likely N-dealkylation sites (tertiary alicyclic amines) is 1. The zero-order valence-electron chi connectivity index (χ0n) is 14.4. The number of pyridine rings is 2. The minimum absolute atomic E-state index is 0.0256. The first-order chi connectivity index (χ1) is 12.0. The number of carbonyl (C=O) groups is 1. The van der Waals surface area contributed by atoms with E-state index in [0.717, 1.165) is 31.5 Å². The molecule has 0 spiro atoms. The Hall–Kier alpha value is -1.48. The van der Waals surface area contributed by atoms with Gasteiger partial charge < -0.3 is 14.6 Å². The molecule has 2 aromatic heterocycles. The number of aromatic amines is 1. The van der Waals surface area contributed by atoms with Gasteiger partial charge in [-0.1, -0.05) is 22.6 Å². The Labute approximate surface area is 160 Å². The molecule has 6 nitrogen and oxygen atoms in total. The van der Waals surface area contributed by atoms with Crippen LogP contribution in [0.2, 0.25) is 0 Å². The maximum absolute atomic E-state index is 12.7. The number of rotatable bonds is 4. The van der Waals surface area contributed by atoms with Gasteiger partial charge in [0.2, 0.25) is 5.43 Å². The van der Waals surface area contributed by atoms with E-state index in [-0.39, 0.29) is 17.6 Å². The number of nitrogens with one attached hydrogen (secondary N) is 1. The first-order valence-corrected chi connectivity index (χ1v) is 9.77. The van der Waals surface area contributed by atoms with Gasteiger partial charge in [0.15, 0.2) is 0 Å². The quantitative estimate of drug-likeness (QED) is 0.436. The standard InChI is InChI=1S/C18H22IN3O3/c1-3-25-18(24)14-10-21-17-13(16(14)23)8-12(9-20-17)15(19)11-4-6-22(2)7-5-11/h8-11,15H,3-7H2,1-2H3,(H,20,21,23). The molecule has 0 aliphatic carbocycles. The fourth-order valence-corrected chi connectivity index (χ4v) is 4.28. The summed E-state index contributed by atoms with van der Waals surface area (Å²) in [5, 5.41) is 0.442. The molecule has 3 heterocycles. The molecule has 1 saturated heterocycles. The number of alkyl halides is 1. The van der Waals surface area contributed by atoms with Crippen molar-refractivity contribution in [2.24, 2.45) is 5.92 Å². The van der Waals surface area contributed by atoms with Crippen molar-refractivity contribution in [1.82, 2.24) is 14.9 Å². The molecular formula is C18H22IN3O3. The fourth-order valence-electron chi connectivity index (χ4n) is 3.22. The van der Waals surface area contributed by atoms with Gasteiger partial charge in [-0.05, 0) is 57.5 Å². The first-order valence-electron chi connectivity index (χ1n) is 8.52. The molecule has 1 aliphatic rings. The molecule has 1 atom stereocenters. The number of hydrogen-bond donors (Lipinski definition) is 1. The molecule has 3 rings (SSSR count).